The van der Waals surface area contributed by atoms with Crippen molar-refractivity contribution in [2.24, 2.45) is 0 Å². The summed E-state index contributed by atoms with van der Waals surface area (Å²) in [6.45, 7) is 0. The van der Waals surface area contributed by atoms with Crippen molar-refractivity contribution in [1.29, 1.82) is 0 Å². The van der Waals surface area contributed by atoms with Crippen molar-refractivity contribution >= 4 is 44.4 Å². The van der Waals surface area contributed by atoms with Crippen LogP contribution in [0.1, 0.15) is 0 Å². The van der Waals surface area contributed by atoms with Crippen molar-refractivity contribution < 1.29 is 0 Å². The van der Waals surface area contributed by atoms with Crippen LogP contribution in [0.4, 0.5) is 5.69 Å². The maximum atomic E-state index is 3.15. The van der Waals surface area contributed by atoms with Crippen molar-refractivity contribution in [3.63, 3.8) is 0 Å². The smallest absolute Gasteiger partial charge is 0.0575 e. The molecule has 1 aromatic rings. The lowest BCUT2D eigenvalue weighted by Crippen LogP contribution is -1.81. The van der Waals surface area contributed by atoms with Gasteiger partial charge in [-0.1, -0.05) is 12.1 Å². The van der Waals surface area contributed by atoms with Crippen LogP contribution in [0.2, 0.25) is 0 Å². The second-order valence-electron chi connectivity index (χ2n) is 1.57. The summed E-state index contributed by atoms with van der Waals surface area (Å²) in [6.07, 6.45) is 0. The van der Waals surface area contributed by atoms with Gasteiger partial charge in [0.2, 0.25) is 0 Å². The Morgan fingerprint density at radius 3 is 2.44 bits per heavy atom. The number of halogens is 2. The van der Waals surface area contributed by atoms with Gasteiger partial charge in [-0.2, -0.15) is 0 Å². The molecule has 0 aliphatic heterocycles. The van der Waals surface area contributed by atoms with E-state index >= 15 is 0 Å². The Morgan fingerprint density at radius 1 is 1.33 bits per heavy atom. The van der Waals surface area contributed by atoms with Gasteiger partial charge in [0.25, 0.3) is 0 Å². The molecule has 0 saturated carbocycles. The van der Waals surface area contributed by atoms with Crippen LogP contribution in [-0.2, 0) is 0 Å². The molecule has 0 fully saturated rings. The van der Waals surface area contributed by atoms with Gasteiger partial charge in [0, 0.05) is 19.7 Å². The SMILES string of the molecule is BrNc1ccccc1I. The van der Waals surface area contributed by atoms with Crippen LogP contribution in [0.5, 0.6) is 0 Å². The second-order valence-corrected chi connectivity index (χ2v) is 3.13. The fourth-order valence-electron chi connectivity index (χ4n) is 0.538. The lowest BCUT2D eigenvalue weighted by atomic mass is 10.3. The highest BCUT2D eigenvalue weighted by molar-refractivity contribution is 14.1. The van der Waals surface area contributed by atoms with Crippen molar-refractivity contribution in [3.05, 3.63) is 27.8 Å². The van der Waals surface area contributed by atoms with Gasteiger partial charge in [0.15, 0.2) is 0 Å². The predicted octanol–water partition coefficient (Wildman–Crippen LogP) is 3.01. The van der Waals surface area contributed by atoms with Gasteiger partial charge in [-0.3, -0.25) is 0 Å². The third-order valence-electron chi connectivity index (χ3n) is 0.976. The Hall–Kier alpha value is 0.230. The van der Waals surface area contributed by atoms with Crippen LogP contribution in [0.25, 0.3) is 0 Å². The van der Waals surface area contributed by atoms with Crippen LogP contribution in [0.15, 0.2) is 24.3 Å². The number of anilines is 1. The summed E-state index contributed by atoms with van der Waals surface area (Å²) in [6, 6.07) is 8.06. The zero-order chi connectivity index (χ0) is 6.69. The third kappa shape index (κ3) is 1.82. The molecular formula is C6H5BrIN. The van der Waals surface area contributed by atoms with Gasteiger partial charge in [-0.25, -0.2) is 0 Å². The highest BCUT2D eigenvalue weighted by Crippen LogP contribution is 2.17. The van der Waals surface area contributed by atoms with Crippen molar-refractivity contribution in [2.75, 3.05) is 4.34 Å². The largest absolute Gasteiger partial charge is 0.321 e. The Labute approximate surface area is 76.3 Å². The molecule has 1 aromatic carbocycles. The van der Waals surface area contributed by atoms with Crippen molar-refractivity contribution in [3.8, 4) is 0 Å². The van der Waals surface area contributed by atoms with Gasteiger partial charge in [-0.15, -0.1) is 0 Å². The molecular weight excluding hydrogens is 293 g/mol. The minimum atomic E-state index is 1.11. The molecule has 0 aliphatic rings. The van der Waals surface area contributed by atoms with Gasteiger partial charge < -0.3 is 4.34 Å². The molecule has 0 saturated heterocycles. The van der Waals surface area contributed by atoms with Gasteiger partial charge in [-0.05, 0) is 34.7 Å². The average molecular weight is 298 g/mol. The molecule has 1 N–H and O–H groups in total. The summed E-state index contributed by atoms with van der Waals surface area (Å²) < 4.78 is 4.12. The lowest BCUT2D eigenvalue weighted by molar-refractivity contribution is 1.63. The van der Waals surface area contributed by atoms with E-state index in [0.29, 0.717) is 0 Å². The molecule has 0 aromatic heterocycles. The van der Waals surface area contributed by atoms with Crippen LogP contribution in [0, 0.1) is 3.57 Å². The molecule has 0 unspecified atom stereocenters. The van der Waals surface area contributed by atoms with E-state index in [9.17, 15) is 0 Å². The van der Waals surface area contributed by atoms with E-state index < -0.39 is 0 Å². The summed E-state index contributed by atoms with van der Waals surface area (Å²) in [4.78, 5) is 0. The number of nitrogens with one attached hydrogen (secondary N) is 1. The minimum Gasteiger partial charge on any atom is -0.321 e. The number of hydrogen-bond acceptors (Lipinski definition) is 1. The minimum absolute atomic E-state index is 1.11. The van der Waals surface area contributed by atoms with Crippen molar-refractivity contribution in [2.45, 2.75) is 0 Å². The Morgan fingerprint density at radius 2 is 2.00 bits per heavy atom. The number of hydrogen-bond donors (Lipinski definition) is 1. The van der Waals surface area contributed by atoms with E-state index in [4.69, 9.17) is 0 Å². The molecule has 0 heterocycles. The Kier molecular flexibility index (Phi) is 2.78. The van der Waals surface area contributed by atoms with Crippen LogP contribution < -0.4 is 4.34 Å². The molecule has 1 rings (SSSR count). The summed E-state index contributed by atoms with van der Waals surface area (Å²) in [7, 11) is 0. The van der Waals surface area contributed by atoms with Gasteiger partial charge >= 0.3 is 0 Å². The first-order valence-electron chi connectivity index (χ1n) is 2.46. The predicted molar refractivity (Wildman–Crippen MR) is 51.7 cm³/mol. The topological polar surface area (TPSA) is 12.0 Å². The second kappa shape index (κ2) is 3.41. The third-order valence-corrected chi connectivity index (χ3v) is 2.34. The number of benzene rings is 1. The first-order valence-corrected chi connectivity index (χ1v) is 4.33. The molecule has 0 radical (unpaired) electrons. The summed E-state index contributed by atoms with van der Waals surface area (Å²) in [5.74, 6) is 0. The number of para-hydroxylation sites is 1. The maximum absolute atomic E-state index is 3.15. The normalized spacial score (nSPS) is 9.11. The number of rotatable bonds is 1. The zero-order valence-corrected chi connectivity index (χ0v) is 8.31. The van der Waals surface area contributed by atoms with E-state index in [1.165, 1.54) is 3.57 Å². The van der Waals surface area contributed by atoms with E-state index in [2.05, 4.69) is 43.1 Å². The van der Waals surface area contributed by atoms with Gasteiger partial charge in [0.1, 0.15) is 0 Å². The first kappa shape index (κ1) is 7.34. The zero-order valence-electron chi connectivity index (χ0n) is 4.57. The molecule has 0 aliphatic carbocycles. The average Bonchev–Trinajstić information content (AvgIpc) is 1.89. The lowest BCUT2D eigenvalue weighted by Gasteiger charge is -1.97. The van der Waals surface area contributed by atoms with E-state index in [1.807, 2.05) is 24.3 Å². The highest BCUT2D eigenvalue weighted by Gasteiger charge is 1.91. The van der Waals surface area contributed by atoms with E-state index in [-0.39, 0.29) is 0 Å². The van der Waals surface area contributed by atoms with Gasteiger partial charge in [0.05, 0.1) is 5.69 Å². The van der Waals surface area contributed by atoms with Crippen molar-refractivity contribution in [1.82, 2.24) is 0 Å². The molecule has 0 atom stereocenters. The van der Waals surface area contributed by atoms with Crippen LogP contribution >= 0.6 is 38.7 Å². The fourth-order valence-corrected chi connectivity index (χ4v) is 1.78. The maximum Gasteiger partial charge on any atom is 0.0575 e. The Balaban J connectivity index is 3.01. The molecule has 1 nitrogen and oxygen atoms in total. The van der Waals surface area contributed by atoms with Crippen LogP contribution in [0.3, 0.4) is 0 Å². The molecule has 0 spiro atoms. The van der Waals surface area contributed by atoms with Crippen LogP contribution in [-0.4, -0.2) is 0 Å². The quantitative estimate of drug-likeness (QED) is 0.621. The molecule has 0 bridgehead atoms. The Bertz CT molecular complexity index is 202. The summed E-state index contributed by atoms with van der Waals surface area (Å²) >= 11 is 5.42. The highest BCUT2D eigenvalue weighted by atomic mass is 127. The monoisotopic (exact) mass is 297 g/mol. The fraction of sp³-hybridized carbons (Fsp3) is 0. The molecule has 3 heteroatoms. The summed E-state index contributed by atoms with van der Waals surface area (Å²) in [5, 5.41) is 0. The van der Waals surface area contributed by atoms with E-state index in [0.717, 1.165) is 5.69 Å². The molecule has 0 amide bonds. The van der Waals surface area contributed by atoms with E-state index in [1.54, 1.807) is 0 Å². The molecule has 48 valence electrons. The first-order chi connectivity index (χ1) is 4.34. The standard InChI is InChI=1S/C6H5BrIN/c7-9-6-4-2-1-3-5(6)8/h1-4,9H. The molecule has 9 heavy (non-hydrogen) atoms. The summed E-state index contributed by atoms with van der Waals surface area (Å²) in [5.41, 5.74) is 1.11.